The van der Waals surface area contributed by atoms with E-state index in [-0.39, 0.29) is 11.9 Å². The van der Waals surface area contributed by atoms with Crippen molar-refractivity contribution in [3.05, 3.63) is 29.3 Å². The second-order valence-corrected chi connectivity index (χ2v) is 5.23. The molecule has 0 fully saturated rings. The van der Waals surface area contributed by atoms with E-state index in [1.165, 1.54) is 11.1 Å². The lowest BCUT2D eigenvalue weighted by molar-refractivity contribution is -0.137. The van der Waals surface area contributed by atoms with Crippen LogP contribution in [0.2, 0.25) is 0 Å². The van der Waals surface area contributed by atoms with Crippen molar-refractivity contribution >= 4 is 5.97 Å². The Hall–Kier alpha value is -1.35. The summed E-state index contributed by atoms with van der Waals surface area (Å²) in [6.45, 7) is 3.69. The van der Waals surface area contributed by atoms with E-state index in [1.54, 1.807) is 0 Å². The lowest BCUT2D eigenvalue weighted by Crippen LogP contribution is -2.31. The van der Waals surface area contributed by atoms with Gasteiger partial charge in [0.05, 0.1) is 5.92 Å². The fourth-order valence-electron chi connectivity index (χ4n) is 2.28. The number of ether oxygens (including phenoxy) is 1. The first-order valence-corrected chi connectivity index (χ1v) is 6.61. The molecule has 0 heterocycles. The first kappa shape index (κ1) is 13.1. The second kappa shape index (κ2) is 5.53. The summed E-state index contributed by atoms with van der Waals surface area (Å²) >= 11 is 0. The number of rotatable bonds is 3. The van der Waals surface area contributed by atoms with Crippen LogP contribution >= 0.6 is 0 Å². The smallest absolute Gasteiger partial charge is 0.313 e. The normalized spacial score (nSPS) is 18.6. The molecule has 0 saturated heterocycles. The van der Waals surface area contributed by atoms with Crippen molar-refractivity contribution in [1.29, 1.82) is 0 Å². The Balaban J connectivity index is 2.11. The summed E-state index contributed by atoms with van der Waals surface area (Å²) in [5, 5.41) is 3.32. The van der Waals surface area contributed by atoms with E-state index >= 15 is 0 Å². The van der Waals surface area contributed by atoms with Crippen LogP contribution in [0.1, 0.15) is 31.4 Å². The first-order valence-electron chi connectivity index (χ1n) is 6.61. The van der Waals surface area contributed by atoms with Crippen LogP contribution in [-0.4, -0.2) is 19.1 Å². The molecule has 1 atom stereocenters. The van der Waals surface area contributed by atoms with E-state index < -0.39 is 0 Å². The van der Waals surface area contributed by atoms with Crippen molar-refractivity contribution < 1.29 is 9.53 Å². The SMILES string of the molecule is CNC1CCc2cc(OC(=O)C(C)C)ccc2C1. The Morgan fingerprint density at radius 2 is 2.17 bits per heavy atom. The zero-order valence-corrected chi connectivity index (χ0v) is 11.3. The minimum absolute atomic E-state index is 0.0882. The Morgan fingerprint density at radius 1 is 1.39 bits per heavy atom. The topological polar surface area (TPSA) is 38.3 Å². The third kappa shape index (κ3) is 2.91. The molecule has 1 aliphatic rings. The van der Waals surface area contributed by atoms with Gasteiger partial charge in [0.2, 0.25) is 0 Å². The molecule has 2 rings (SSSR count). The molecule has 98 valence electrons. The van der Waals surface area contributed by atoms with Crippen molar-refractivity contribution in [1.82, 2.24) is 5.32 Å². The van der Waals surface area contributed by atoms with E-state index in [9.17, 15) is 4.79 Å². The van der Waals surface area contributed by atoms with Gasteiger partial charge < -0.3 is 10.1 Å². The van der Waals surface area contributed by atoms with Crippen LogP contribution in [0.3, 0.4) is 0 Å². The number of fused-ring (bicyclic) bond motifs is 1. The van der Waals surface area contributed by atoms with Gasteiger partial charge in [0.15, 0.2) is 0 Å². The number of esters is 1. The molecule has 1 aromatic carbocycles. The lowest BCUT2D eigenvalue weighted by Gasteiger charge is -2.24. The standard InChI is InChI=1S/C15H21NO2/c1-10(2)15(17)18-14-7-5-11-8-13(16-3)6-4-12(11)9-14/h5,7,9-10,13,16H,4,6,8H2,1-3H3. The molecule has 0 saturated carbocycles. The van der Waals surface area contributed by atoms with Gasteiger partial charge in [-0.05, 0) is 49.6 Å². The molecule has 3 nitrogen and oxygen atoms in total. The minimum Gasteiger partial charge on any atom is -0.426 e. The predicted molar refractivity (Wildman–Crippen MR) is 71.8 cm³/mol. The van der Waals surface area contributed by atoms with Crippen molar-refractivity contribution in [2.24, 2.45) is 5.92 Å². The molecule has 0 bridgehead atoms. The highest BCUT2D eigenvalue weighted by Gasteiger charge is 2.18. The zero-order valence-electron chi connectivity index (χ0n) is 11.3. The molecule has 0 aliphatic heterocycles. The lowest BCUT2D eigenvalue weighted by atomic mass is 9.88. The highest BCUT2D eigenvalue weighted by atomic mass is 16.5. The average molecular weight is 247 g/mol. The van der Waals surface area contributed by atoms with Gasteiger partial charge in [-0.15, -0.1) is 0 Å². The molecular weight excluding hydrogens is 226 g/mol. The molecule has 0 spiro atoms. The molecule has 1 unspecified atom stereocenters. The van der Waals surface area contributed by atoms with Gasteiger partial charge in [0.1, 0.15) is 5.75 Å². The second-order valence-electron chi connectivity index (χ2n) is 5.23. The number of likely N-dealkylation sites (N-methyl/N-ethyl adjacent to an activating group) is 1. The maximum Gasteiger partial charge on any atom is 0.313 e. The number of carbonyl (C=O) groups is 1. The predicted octanol–water partition coefficient (Wildman–Crippen LogP) is 2.32. The summed E-state index contributed by atoms with van der Waals surface area (Å²) < 4.78 is 5.34. The van der Waals surface area contributed by atoms with Crippen LogP contribution in [0, 0.1) is 5.92 Å². The Labute approximate surface area is 109 Å². The molecule has 0 aromatic heterocycles. The van der Waals surface area contributed by atoms with Gasteiger partial charge in [-0.2, -0.15) is 0 Å². The van der Waals surface area contributed by atoms with Crippen LogP contribution in [-0.2, 0) is 17.6 Å². The van der Waals surface area contributed by atoms with Crippen molar-refractivity contribution in [2.75, 3.05) is 7.05 Å². The number of nitrogens with one attached hydrogen (secondary N) is 1. The summed E-state index contributed by atoms with van der Waals surface area (Å²) in [5.41, 5.74) is 2.68. The maximum atomic E-state index is 11.5. The third-order valence-electron chi connectivity index (χ3n) is 3.50. The monoisotopic (exact) mass is 247 g/mol. The number of hydrogen-bond acceptors (Lipinski definition) is 3. The molecule has 0 radical (unpaired) electrons. The number of hydrogen-bond donors (Lipinski definition) is 1. The van der Waals surface area contributed by atoms with Gasteiger partial charge >= 0.3 is 5.97 Å². The highest BCUT2D eigenvalue weighted by Crippen LogP contribution is 2.26. The summed E-state index contributed by atoms with van der Waals surface area (Å²) in [7, 11) is 2.01. The molecular formula is C15H21NO2. The molecule has 1 aromatic rings. The van der Waals surface area contributed by atoms with Crippen LogP contribution < -0.4 is 10.1 Å². The van der Waals surface area contributed by atoms with Crippen LogP contribution in [0.15, 0.2) is 18.2 Å². The molecule has 1 aliphatic carbocycles. The first-order chi connectivity index (χ1) is 8.60. The molecule has 1 N–H and O–H groups in total. The summed E-state index contributed by atoms with van der Waals surface area (Å²) in [4.78, 5) is 11.5. The Morgan fingerprint density at radius 3 is 2.83 bits per heavy atom. The summed E-state index contributed by atoms with van der Waals surface area (Å²) in [6, 6.07) is 6.57. The van der Waals surface area contributed by atoms with Crippen molar-refractivity contribution in [2.45, 2.75) is 39.2 Å². The fraction of sp³-hybridized carbons (Fsp3) is 0.533. The van der Waals surface area contributed by atoms with Gasteiger partial charge in [0, 0.05) is 6.04 Å². The van der Waals surface area contributed by atoms with Crippen molar-refractivity contribution in [3.63, 3.8) is 0 Å². The Kier molecular flexibility index (Phi) is 4.02. The quantitative estimate of drug-likeness (QED) is 0.658. The van der Waals surface area contributed by atoms with Crippen LogP contribution in [0.4, 0.5) is 0 Å². The number of carbonyl (C=O) groups excluding carboxylic acids is 1. The summed E-state index contributed by atoms with van der Waals surface area (Å²) in [5.74, 6) is 0.420. The molecule has 3 heteroatoms. The van der Waals surface area contributed by atoms with Gasteiger partial charge in [-0.1, -0.05) is 19.9 Å². The van der Waals surface area contributed by atoms with Gasteiger partial charge in [-0.3, -0.25) is 4.79 Å². The molecule has 18 heavy (non-hydrogen) atoms. The maximum absolute atomic E-state index is 11.5. The van der Waals surface area contributed by atoms with Crippen molar-refractivity contribution in [3.8, 4) is 5.75 Å². The van der Waals surface area contributed by atoms with Crippen LogP contribution in [0.25, 0.3) is 0 Å². The van der Waals surface area contributed by atoms with E-state index in [1.807, 2.05) is 33.0 Å². The van der Waals surface area contributed by atoms with E-state index in [0.717, 1.165) is 19.3 Å². The third-order valence-corrected chi connectivity index (χ3v) is 3.50. The fourth-order valence-corrected chi connectivity index (χ4v) is 2.28. The van der Waals surface area contributed by atoms with E-state index in [4.69, 9.17) is 4.74 Å². The zero-order chi connectivity index (χ0) is 13.1. The van der Waals surface area contributed by atoms with Gasteiger partial charge in [0.25, 0.3) is 0 Å². The van der Waals surface area contributed by atoms with Gasteiger partial charge in [-0.25, -0.2) is 0 Å². The minimum atomic E-state index is -0.168. The summed E-state index contributed by atoms with van der Waals surface area (Å²) in [6.07, 6.45) is 3.25. The Bertz CT molecular complexity index is 440. The average Bonchev–Trinajstić information content (AvgIpc) is 2.37. The number of aryl methyl sites for hydroxylation is 1. The highest BCUT2D eigenvalue weighted by molar-refractivity contribution is 5.74. The number of benzene rings is 1. The van der Waals surface area contributed by atoms with E-state index in [0.29, 0.717) is 11.8 Å². The van der Waals surface area contributed by atoms with E-state index in [2.05, 4.69) is 11.4 Å². The van der Waals surface area contributed by atoms with Crippen LogP contribution in [0.5, 0.6) is 5.75 Å². The largest absolute Gasteiger partial charge is 0.426 e. The molecule has 0 amide bonds.